The first kappa shape index (κ1) is 16.5. The maximum absolute atomic E-state index is 6.15. The molecule has 0 atom stereocenters. The number of ether oxygens (including phenoxy) is 1. The summed E-state index contributed by atoms with van der Waals surface area (Å²) in [5, 5.41) is 4.23. The fourth-order valence-corrected chi connectivity index (χ4v) is 2.57. The van der Waals surface area contributed by atoms with Crippen molar-refractivity contribution in [3.63, 3.8) is 0 Å². The fraction of sp³-hybridized carbons (Fsp3) is 0.150. The van der Waals surface area contributed by atoms with Crippen molar-refractivity contribution in [3.8, 4) is 11.6 Å². The molecule has 3 nitrogen and oxygen atoms in total. The molecule has 0 aliphatic carbocycles. The van der Waals surface area contributed by atoms with E-state index in [1.165, 1.54) is 0 Å². The lowest BCUT2D eigenvalue weighted by Gasteiger charge is -2.08. The van der Waals surface area contributed by atoms with E-state index in [1.54, 1.807) is 0 Å². The molecule has 1 N–H and O–H groups in total. The van der Waals surface area contributed by atoms with Crippen LogP contribution in [0.2, 0.25) is 5.02 Å². The van der Waals surface area contributed by atoms with E-state index in [1.807, 2.05) is 66.9 Å². The zero-order valence-corrected chi connectivity index (χ0v) is 14.0. The van der Waals surface area contributed by atoms with Crippen molar-refractivity contribution in [2.75, 3.05) is 6.54 Å². The number of hydrogen-bond donors (Lipinski definition) is 1. The SMILES string of the molecule is Clc1ccccc1CCNCc1ccc(Oc2ccccc2)nc1. The summed E-state index contributed by atoms with van der Waals surface area (Å²) in [6.45, 7) is 1.63. The van der Waals surface area contributed by atoms with E-state index >= 15 is 0 Å². The third kappa shape index (κ3) is 4.82. The van der Waals surface area contributed by atoms with Gasteiger partial charge < -0.3 is 10.1 Å². The summed E-state index contributed by atoms with van der Waals surface area (Å²) < 4.78 is 5.68. The van der Waals surface area contributed by atoms with Crippen LogP contribution in [0.4, 0.5) is 0 Å². The summed E-state index contributed by atoms with van der Waals surface area (Å²) in [5.74, 6) is 1.39. The number of para-hydroxylation sites is 1. The van der Waals surface area contributed by atoms with Crippen molar-refractivity contribution < 1.29 is 4.74 Å². The van der Waals surface area contributed by atoms with Gasteiger partial charge in [0.15, 0.2) is 0 Å². The van der Waals surface area contributed by atoms with E-state index in [-0.39, 0.29) is 0 Å². The van der Waals surface area contributed by atoms with E-state index in [0.717, 1.165) is 41.4 Å². The molecule has 4 heteroatoms. The number of aromatic nitrogens is 1. The van der Waals surface area contributed by atoms with Gasteiger partial charge in [-0.3, -0.25) is 0 Å². The molecule has 24 heavy (non-hydrogen) atoms. The average Bonchev–Trinajstić information content (AvgIpc) is 2.62. The van der Waals surface area contributed by atoms with E-state index in [4.69, 9.17) is 16.3 Å². The average molecular weight is 339 g/mol. The van der Waals surface area contributed by atoms with Gasteiger partial charge in [-0.15, -0.1) is 0 Å². The van der Waals surface area contributed by atoms with E-state index < -0.39 is 0 Å². The summed E-state index contributed by atoms with van der Waals surface area (Å²) in [6, 6.07) is 21.5. The lowest BCUT2D eigenvalue weighted by Crippen LogP contribution is -2.16. The number of rotatable bonds is 7. The lowest BCUT2D eigenvalue weighted by atomic mass is 10.1. The molecule has 1 aromatic heterocycles. The number of benzene rings is 2. The second kappa shape index (κ2) is 8.48. The van der Waals surface area contributed by atoms with Gasteiger partial charge in [-0.1, -0.05) is 54.1 Å². The Hall–Kier alpha value is -2.36. The molecule has 0 aliphatic rings. The Kier molecular flexibility index (Phi) is 5.83. The number of pyridine rings is 1. The molecule has 0 saturated heterocycles. The summed E-state index contributed by atoms with van der Waals surface area (Å²) in [6.07, 6.45) is 2.74. The highest BCUT2D eigenvalue weighted by Crippen LogP contribution is 2.18. The van der Waals surface area contributed by atoms with Crippen LogP contribution in [0.3, 0.4) is 0 Å². The molecule has 0 fully saturated rings. The zero-order valence-electron chi connectivity index (χ0n) is 13.3. The Morgan fingerprint density at radius 1 is 0.917 bits per heavy atom. The number of nitrogens with one attached hydrogen (secondary N) is 1. The first-order valence-corrected chi connectivity index (χ1v) is 8.31. The lowest BCUT2D eigenvalue weighted by molar-refractivity contribution is 0.462. The van der Waals surface area contributed by atoms with Gasteiger partial charge in [0.05, 0.1) is 0 Å². The molecule has 0 unspecified atom stereocenters. The van der Waals surface area contributed by atoms with Crippen LogP contribution in [0.15, 0.2) is 72.9 Å². The molecular formula is C20H19ClN2O. The highest BCUT2D eigenvalue weighted by molar-refractivity contribution is 6.31. The Morgan fingerprint density at radius 2 is 1.71 bits per heavy atom. The first-order valence-electron chi connectivity index (χ1n) is 7.93. The number of halogens is 1. The summed E-state index contributed by atoms with van der Waals surface area (Å²) in [5.41, 5.74) is 2.28. The zero-order chi connectivity index (χ0) is 16.6. The van der Waals surface area contributed by atoms with Crippen LogP contribution in [0.5, 0.6) is 11.6 Å². The normalized spacial score (nSPS) is 10.5. The standard InChI is InChI=1S/C20H19ClN2O/c21-19-9-5-4-6-17(19)12-13-22-14-16-10-11-20(23-15-16)24-18-7-2-1-3-8-18/h1-11,15,22H,12-14H2. The van der Waals surface area contributed by atoms with Crippen molar-refractivity contribution >= 4 is 11.6 Å². The largest absolute Gasteiger partial charge is 0.439 e. The van der Waals surface area contributed by atoms with Crippen molar-refractivity contribution in [3.05, 3.63) is 89.1 Å². The number of hydrogen-bond acceptors (Lipinski definition) is 3. The van der Waals surface area contributed by atoms with Crippen LogP contribution >= 0.6 is 11.6 Å². The molecular weight excluding hydrogens is 320 g/mol. The predicted octanol–water partition coefficient (Wildman–Crippen LogP) is 4.86. The second-order valence-electron chi connectivity index (χ2n) is 5.44. The van der Waals surface area contributed by atoms with Crippen LogP contribution in [-0.4, -0.2) is 11.5 Å². The molecule has 0 spiro atoms. The smallest absolute Gasteiger partial charge is 0.219 e. The highest BCUT2D eigenvalue weighted by Gasteiger charge is 2.01. The van der Waals surface area contributed by atoms with Gasteiger partial charge in [-0.05, 0) is 42.3 Å². The molecule has 122 valence electrons. The first-order chi connectivity index (χ1) is 11.8. The van der Waals surface area contributed by atoms with Gasteiger partial charge in [0.25, 0.3) is 0 Å². The van der Waals surface area contributed by atoms with Gasteiger partial charge in [0, 0.05) is 23.8 Å². The minimum Gasteiger partial charge on any atom is -0.439 e. The maximum atomic E-state index is 6.15. The maximum Gasteiger partial charge on any atom is 0.219 e. The molecule has 2 aromatic carbocycles. The summed E-state index contributed by atoms with van der Waals surface area (Å²) in [7, 11) is 0. The summed E-state index contributed by atoms with van der Waals surface area (Å²) in [4.78, 5) is 4.34. The molecule has 1 heterocycles. The van der Waals surface area contributed by atoms with Crippen molar-refractivity contribution in [2.24, 2.45) is 0 Å². The minimum atomic E-state index is 0.598. The Labute approximate surface area is 147 Å². The van der Waals surface area contributed by atoms with E-state index in [9.17, 15) is 0 Å². The molecule has 0 saturated carbocycles. The van der Waals surface area contributed by atoms with Crippen LogP contribution < -0.4 is 10.1 Å². The molecule has 0 aliphatic heterocycles. The van der Waals surface area contributed by atoms with E-state index in [0.29, 0.717) is 5.88 Å². The van der Waals surface area contributed by atoms with Crippen molar-refractivity contribution in [1.29, 1.82) is 0 Å². The Morgan fingerprint density at radius 3 is 2.46 bits per heavy atom. The van der Waals surface area contributed by atoms with Gasteiger partial charge in [-0.2, -0.15) is 0 Å². The van der Waals surface area contributed by atoms with Crippen LogP contribution in [0, 0.1) is 0 Å². The highest BCUT2D eigenvalue weighted by atomic mass is 35.5. The van der Waals surface area contributed by atoms with Gasteiger partial charge in [-0.25, -0.2) is 4.98 Å². The predicted molar refractivity (Wildman–Crippen MR) is 97.6 cm³/mol. The van der Waals surface area contributed by atoms with Gasteiger partial charge in [0.1, 0.15) is 5.75 Å². The minimum absolute atomic E-state index is 0.598. The van der Waals surface area contributed by atoms with E-state index in [2.05, 4.69) is 16.4 Å². The quantitative estimate of drug-likeness (QED) is 0.625. The third-order valence-corrected chi connectivity index (χ3v) is 3.99. The summed E-state index contributed by atoms with van der Waals surface area (Å²) >= 11 is 6.15. The monoisotopic (exact) mass is 338 g/mol. The molecule has 0 amide bonds. The number of nitrogens with zero attached hydrogens (tertiary/aromatic N) is 1. The van der Waals surface area contributed by atoms with Crippen molar-refractivity contribution in [2.45, 2.75) is 13.0 Å². The second-order valence-corrected chi connectivity index (χ2v) is 5.85. The van der Waals surface area contributed by atoms with Gasteiger partial charge in [0.2, 0.25) is 5.88 Å². The fourth-order valence-electron chi connectivity index (χ4n) is 2.34. The molecule has 3 rings (SSSR count). The molecule has 3 aromatic rings. The van der Waals surface area contributed by atoms with Crippen LogP contribution in [0.1, 0.15) is 11.1 Å². The molecule has 0 bridgehead atoms. The van der Waals surface area contributed by atoms with Gasteiger partial charge >= 0.3 is 0 Å². The topological polar surface area (TPSA) is 34.1 Å². The van der Waals surface area contributed by atoms with Crippen LogP contribution in [-0.2, 0) is 13.0 Å². The third-order valence-electron chi connectivity index (χ3n) is 3.62. The van der Waals surface area contributed by atoms with Crippen LogP contribution in [0.25, 0.3) is 0 Å². The van der Waals surface area contributed by atoms with Crippen molar-refractivity contribution in [1.82, 2.24) is 10.3 Å². The Balaban J connectivity index is 1.45. The molecule has 0 radical (unpaired) electrons. The Bertz CT molecular complexity index is 760.